The van der Waals surface area contributed by atoms with Crippen LogP contribution in [0.2, 0.25) is 0 Å². The van der Waals surface area contributed by atoms with Crippen LogP contribution in [0.15, 0.2) is 72.8 Å². The van der Waals surface area contributed by atoms with Crippen LogP contribution in [0.25, 0.3) is 0 Å². The van der Waals surface area contributed by atoms with Crippen molar-refractivity contribution >= 4 is 47.1 Å². The monoisotopic (exact) mass is 700 g/mol. The maximum Gasteiger partial charge on any atom is 0.326 e. The number of nitrogens with zero attached hydrogens (tertiary/aromatic N) is 2. The van der Waals surface area contributed by atoms with Crippen molar-refractivity contribution in [3.8, 4) is 0 Å². The smallest absolute Gasteiger partial charge is 0.326 e. The Kier molecular flexibility index (Phi) is 13.5. The van der Waals surface area contributed by atoms with Gasteiger partial charge < -0.3 is 37.4 Å². The van der Waals surface area contributed by atoms with Crippen LogP contribution >= 0.6 is 0 Å². The van der Waals surface area contributed by atoms with Gasteiger partial charge in [-0.15, -0.1) is 0 Å². The topological polar surface area (TPSA) is 266 Å². The van der Waals surface area contributed by atoms with E-state index in [0.29, 0.717) is 30.5 Å². The average molecular weight is 701 g/mol. The summed E-state index contributed by atoms with van der Waals surface area (Å²) in [6.07, 6.45) is 1.28. The summed E-state index contributed by atoms with van der Waals surface area (Å²) >= 11 is 0. The molecule has 0 spiro atoms. The second kappa shape index (κ2) is 18.4. The Morgan fingerprint density at radius 3 is 1.75 bits per heavy atom. The molecular weight excluding hydrogens is 660 g/mol. The molecule has 0 unspecified atom stereocenters. The molecule has 0 saturated carbocycles. The van der Waals surface area contributed by atoms with Crippen molar-refractivity contribution in [1.82, 2.24) is 36.3 Å². The molecule has 3 atom stereocenters. The van der Waals surface area contributed by atoms with E-state index < -0.39 is 47.7 Å². The van der Waals surface area contributed by atoms with Crippen LogP contribution in [0.4, 0.5) is 11.6 Å². The van der Waals surface area contributed by atoms with E-state index in [1.807, 2.05) is 0 Å². The van der Waals surface area contributed by atoms with E-state index in [-0.39, 0.29) is 48.2 Å². The van der Waals surface area contributed by atoms with Crippen molar-refractivity contribution < 1.29 is 33.9 Å². The van der Waals surface area contributed by atoms with Crippen molar-refractivity contribution in [3.63, 3.8) is 0 Å². The van der Waals surface area contributed by atoms with Crippen molar-refractivity contribution in [2.75, 3.05) is 17.2 Å². The number of carboxylic acids is 1. The number of rotatable bonds is 18. The zero-order chi connectivity index (χ0) is 36.8. The lowest BCUT2D eigenvalue weighted by molar-refractivity contribution is -0.142. The fourth-order valence-corrected chi connectivity index (χ4v) is 5.02. The minimum atomic E-state index is -1.27. The Balaban J connectivity index is 1.46. The lowest BCUT2D eigenvalue weighted by Gasteiger charge is -2.25. The number of carbonyl (C=O) groups is 6. The Hall–Kier alpha value is -6.36. The Bertz CT molecular complexity index is 1810. The zero-order valence-corrected chi connectivity index (χ0v) is 27.8. The fraction of sp³-hybridized carbons (Fsp3) is 0.294. The quantitative estimate of drug-likeness (QED) is 0.0668. The summed E-state index contributed by atoms with van der Waals surface area (Å²) in [6.45, 7) is 1.65. The molecule has 5 amide bonds. The number of H-pyrrole nitrogens is 2. The number of hydrogen-bond donors (Lipinski definition) is 9. The van der Waals surface area contributed by atoms with E-state index in [2.05, 4.69) is 47.0 Å². The van der Waals surface area contributed by atoms with Gasteiger partial charge in [0.05, 0.1) is 0 Å². The van der Waals surface area contributed by atoms with Gasteiger partial charge in [-0.2, -0.15) is 10.2 Å². The van der Waals surface area contributed by atoms with Crippen molar-refractivity contribution in [2.45, 2.75) is 57.2 Å². The fourth-order valence-electron chi connectivity index (χ4n) is 5.02. The molecule has 0 aliphatic carbocycles. The van der Waals surface area contributed by atoms with Gasteiger partial charge in [-0.05, 0) is 36.9 Å². The standard InChI is InChI=1S/C34H40N10O7/c1-20(45)36-28-18-26(42-43-28)33(49)40-29-19-25(41-44-29)32(48)37-23(14-8-9-15-35)30(46)38-24(16-21-10-4-2-5-11-21)31(47)39-27(34(50)51)17-22-12-6-3-7-13-22/h2-7,10-13,18-19,23-24,27H,8-9,14-17,35H2,1H3,(H,37,48)(H,38,46)(H,39,47)(H,50,51)(H2,36,42,43,45)(H2,40,41,44,49)/t23-,24-,27-/m0/s1. The average Bonchev–Trinajstić information content (AvgIpc) is 3.78. The number of aromatic nitrogens is 4. The normalized spacial score (nSPS) is 12.5. The molecule has 2 heterocycles. The number of hydrogen-bond acceptors (Lipinski definition) is 9. The molecule has 4 aromatic rings. The van der Waals surface area contributed by atoms with Crippen LogP contribution in [0.3, 0.4) is 0 Å². The number of unbranched alkanes of at least 4 members (excludes halogenated alkanes) is 1. The van der Waals surface area contributed by atoms with E-state index in [0.717, 1.165) is 0 Å². The highest BCUT2D eigenvalue weighted by Crippen LogP contribution is 2.12. The number of aromatic amines is 2. The van der Waals surface area contributed by atoms with Gasteiger partial charge in [-0.1, -0.05) is 60.7 Å². The highest BCUT2D eigenvalue weighted by Gasteiger charge is 2.30. The predicted octanol–water partition coefficient (Wildman–Crippen LogP) is 1.11. The number of aliphatic carboxylic acids is 1. The van der Waals surface area contributed by atoms with E-state index >= 15 is 0 Å². The third-order valence-electron chi connectivity index (χ3n) is 7.57. The molecule has 0 fully saturated rings. The molecule has 10 N–H and O–H groups in total. The second-order valence-electron chi connectivity index (χ2n) is 11.6. The van der Waals surface area contributed by atoms with Crippen LogP contribution in [-0.4, -0.2) is 85.7 Å². The first kappa shape index (κ1) is 37.5. The molecule has 0 aliphatic heterocycles. The number of benzene rings is 2. The molecule has 268 valence electrons. The number of carbonyl (C=O) groups excluding carboxylic acids is 5. The number of carboxylic acid groups (broad SMARTS) is 1. The molecular formula is C34H40N10O7. The summed E-state index contributed by atoms with van der Waals surface area (Å²) in [6, 6.07) is 16.7. The Morgan fingerprint density at radius 2 is 1.20 bits per heavy atom. The molecule has 17 heteroatoms. The van der Waals surface area contributed by atoms with Crippen molar-refractivity contribution in [3.05, 3.63) is 95.3 Å². The second-order valence-corrected chi connectivity index (χ2v) is 11.6. The van der Waals surface area contributed by atoms with Crippen LogP contribution in [0.5, 0.6) is 0 Å². The summed E-state index contributed by atoms with van der Waals surface area (Å²) in [4.78, 5) is 76.5. The first-order chi connectivity index (χ1) is 24.5. The SMILES string of the molecule is CC(=O)Nc1cc(C(=O)Nc2cc(C(=O)N[C@@H](CCCCN)C(=O)N[C@@H](Cc3ccccc3)C(=O)N[C@@H](Cc3ccccc3)C(=O)O)[nH]n2)[nH]n1. The predicted molar refractivity (Wildman–Crippen MR) is 185 cm³/mol. The van der Waals surface area contributed by atoms with Crippen molar-refractivity contribution in [2.24, 2.45) is 5.73 Å². The highest BCUT2D eigenvalue weighted by atomic mass is 16.4. The highest BCUT2D eigenvalue weighted by molar-refractivity contribution is 6.04. The summed E-state index contributed by atoms with van der Waals surface area (Å²) < 4.78 is 0. The summed E-state index contributed by atoms with van der Waals surface area (Å²) in [7, 11) is 0. The summed E-state index contributed by atoms with van der Waals surface area (Å²) in [5.41, 5.74) is 7.03. The van der Waals surface area contributed by atoms with E-state index in [1.165, 1.54) is 19.1 Å². The van der Waals surface area contributed by atoms with Crippen LogP contribution in [0, 0.1) is 0 Å². The zero-order valence-electron chi connectivity index (χ0n) is 27.8. The number of nitrogens with one attached hydrogen (secondary N) is 7. The van der Waals surface area contributed by atoms with Gasteiger partial charge in [-0.3, -0.25) is 34.2 Å². The Morgan fingerprint density at radius 1 is 0.686 bits per heavy atom. The maximum absolute atomic E-state index is 13.7. The molecule has 2 aromatic heterocycles. The molecule has 0 saturated heterocycles. The van der Waals surface area contributed by atoms with Gasteiger partial charge in [0.2, 0.25) is 17.7 Å². The third kappa shape index (κ3) is 11.6. The maximum atomic E-state index is 13.7. The minimum absolute atomic E-state index is 0.00644. The van der Waals surface area contributed by atoms with Gasteiger partial charge in [0.25, 0.3) is 11.8 Å². The molecule has 17 nitrogen and oxygen atoms in total. The molecule has 4 rings (SSSR count). The Labute approximate surface area is 292 Å². The van der Waals surface area contributed by atoms with Crippen LogP contribution < -0.4 is 32.3 Å². The molecule has 0 aliphatic rings. The summed E-state index contributed by atoms with van der Waals surface area (Å²) in [5, 5.41) is 35.5. The van der Waals surface area contributed by atoms with E-state index in [1.54, 1.807) is 60.7 Å². The van der Waals surface area contributed by atoms with E-state index in [4.69, 9.17) is 5.73 Å². The molecule has 51 heavy (non-hydrogen) atoms. The molecule has 2 aromatic carbocycles. The number of anilines is 2. The van der Waals surface area contributed by atoms with Crippen LogP contribution in [-0.2, 0) is 32.0 Å². The largest absolute Gasteiger partial charge is 0.480 e. The lowest BCUT2D eigenvalue weighted by atomic mass is 10.0. The minimum Gasteiger partial charge on any atom is -0.480 e. The summed E-state index contributed by atoms with van der Waals surface area (Å²) in [5.74, 6) is -4.22. The van der Waals surface area contributed by atoms with Crippen LogP contribution in [0.1, 0.15) is 58.3 Å². The van der Waals surface area contributed by atoms with Crippen molar-refractivity contribution in [1.29, 1.82) is 0 Å². The van der Waals surface area contributed by atoms with Gasteiger partial charge in [0.1, 0.15) is 29.5 Å². The third-order valence-corrected chi connectivity index (χ3v) is 7.57. The van der Waals surface area contributed by atoms with Gasteiger partial charge in [0, 0.05) is 31.9 Å². The first-order valence-corrected chi connectivity index (χ1v) is 16.1. The van der Waals surface area contributed by atoms with E-state index in [9.17, 15) is 33.9 Å². The van der Waals surface area contributed by atoms with Gasteiger partial charge in [-0.25, -0.2) is 4.79 Å². The molecule has 0 radical (unpaired) electrons. The van der Waals surface area contributed by atoms with Gasteiger partial charge >= 0.3 is 5.97 Å². The van der Waals surface area contributed by atoms with Gasteiger partial charge in [0.15, 0.2) is 11.6 Å². The first-order valence-electron chi connectivity index (χ1n) is 16.1. The molecule has 0 bridgehead atoms. The number of nitrogens with two attached hydrogens (primary N) is 1. The number of amides is 5. The lowest BCUT2D eigenvalue weighted by Crippen LogP contribution is -2.56.